The van der Waals surface area contributed by atoms with Gasteiger partial charge in [-0.1, -0.05) is 78.5 Å². The predicted octanol–water partition coefficient (Wildman–Crippen LogP) is 4.95. The van der Waals surface area contributed by atoms with E-state index in [1.807, 2.05) is 78.9 Å². The number of nitrogens with one attached hydrogen (secondary N) is 1. The molecule has 1 aromatic heterocycles. The van der Waals surface area contributed by atoms with Crippen molar-refractivity contribution in [1.82, 2.24) is 15.2 Å². The lowest BCUT2D eigenvalue weighted by molar-refractivity contribution is -0.113. The van der Waals surface area contributed by atoms with Crippen molar-refractivity contribution >= 4 is 23.4 Å². The molecule has 7 heteroatoms. The van der Waals surface area contributed by atoms with Gasteiger partial charge in [-0.2, -0.15) is 0 Å². The molecule has 154 valence electrons. The summed E-state index contributed by atoms with van der Waals surface area (Å²) in [5.74, 6) is 0.690. The highest BCUT2D eigenvalue weighted by Gasteiger charge is 2.14. The van der Waals surface area contributed by atoms with Gasteiger partial charge in [-0.15, -0.1) is 10.2 Å². The molecule has 0 atom stereocenters. The van der Waals surface area contributed by atoms with Gasteiger partial charge in [0.1, 0.15) is 17.1 Å². The normalized spacial score (nSPS) is 10.5. The molecule has 31 heavy (non-hydrogen) atoms. The van der Waals surface area contributed by atoms with Gasteiger partial charge in [0, 0.05) is 22.9 Å². The number of aromatic nitrogens is 3. The molecule has 4 aromatic rings. The Labute approximate surface area is 184 Å². The summed E-state index contributed by atoms with van der Waals surface area (Å²) < 4.78 is 5.18. The van der Waals surface area contributed by atoms with Gasteiger partial charge in [0.2, 0.25) is 11.1 Å². The van der Waals surface area contributed by atoms with Gasteiger partial charge in [-0.05, 0) is 12.1 Å². The Morgan fingerprint density at radius 3 is 2.23 bits per heavy atom. The summed E-state index contributed by atoms with van der Waals surface area (Å²) in [7, 11) is 1.59. The number of nitrogens with zero attached hydrogens (tertiary/aromatic N) is 3. The van der Waals surface area contributed by atoms with Crippen LogP contribution >= 0.6 is 11.8 Å². The first-order valence-electron chi connectivity index (χ1n) is 9.65. The maximum atomic E-state index is 12.4. The summed E-state index contributed by atoms with van der Waals surface area (Å²) in [6.45, 7) is 0. The molecule has 0 aliphatic heterocycles. The van der Waals surface area contributed by atoms with Crippen LogP contribution < -0.4 is 10.1 Å². The van der Waals surface area contributed by atoms with Crippen LogP contribution in [0.4, 0.5) is 5.69 Å². The monoisotopic (exact) mass is 428 g/mol. The highest BCUT2D eigenvalue weighted by molar-refractivity contribution is 7.99. The Kier molecular flexibility index (Phi) is 6.54. The summed E-state index contributed by atoms with van der Waals surface area (Å²) in [5, 5.41) is 12.0. The lowest BCUT2D eigenvalue weighted by Crippen LogP contribution is -2.14. The molecule has 0 spiro atoms. The average Bonchev–Trinajstić information content (AvgIpc) is 2.84. The molecular formula is C24H20N4O2S. The number of carbonyl (C=O) groups is 1. The number of hydrogen-bond donors (Lipinski definition) is 1. The van der Waals surface area contributed by atoms with E-state index in [-0.39, 0.29) is 11.7 Å². The topological polar surface area (TPSA) is 77.0 Å². The minimum absolute atomic E-state index is 0.157. The van der Waals surface area contributed by atoms with Crippen LogP contribution in [0.3, 0.4) is 0 Å². The van der Waals surface area contributed by atoms with Gasteiger partial charge in [-0.25, -0.2) is 4.98 Å². The minimum atomic E-state index is -0.157. The third-order valence-electron chi connectivity index (χ3n) is 4.45. The van der Waals surface area contributed by atoms with Crippen LogP contribution in [0.5, 0.6) is 5.75 Å². The highest BCUT2D eigenvalue weighted by Crippen LogP contribution is 2.29. The van der Waals surface area contributed by atoms with Gasteiger partial charge in [0.15, 0.2) is 0 Å². The van der Waals surface area contributed by atoms with Crippen LogP contribution in [-0.4, -0.2) is 34.0 Å². The van der Waals surface area contributed by atoms with Crippen molar-refractivity contribution in [3.63, 3.8) is 0 Å². The number of carbonyl (C=O) groups excluding carboxylic acids is 1. The van der Waals surface area contributed by atoms with E-state index in [1.165, 1.54) is 11.8 Å². The number of methoxy groups -OCH3 is 1. The molecule has 0 aliphatic carbocycles. The zero-order valence-corrected chi connectivity index (χ0v) is 17.7. The van der Waals surface area contributed by atoms with Crippen molar-refractivity contribution in [2.45, 2.75) is 5.16 Å². The van der Waals surface area contributed by atoms with Crippen LogP contribution in [0.1, 0.15) is 0 Å². The Hall–Kier alpha value is -3.71. The summed E-state index contributed by atoms with van der Waals surface area (Å²) in [6, 6.07) is 26.9. The van der Waals surface area contributed by atoms with E-state index in [1.54, 1.807) is 13.2 Å². The van der Waals surface area contributed by atoms with Crippen molar-refractivity contribution in [3.8, 4) is 28.3 Å². The van der Waals surface area contributed by atoms with Crippen LogP contribution in [0.25, 0.3) is 22.5 Å². The number of thioether (sulfide) groups is 1. The number of ether oxygens (including phenoxy) is 1. The molecule has 0 aliphatic rings. The van der Waals surface area contributed by atoms with Gasteiger partial charge in [0.25, 0.3) is 0 Å². The lowest BCUT2D eigenvalue weighted by atomic mass is 10.0. The number of benzene rings is 3. The van der Waals surface area contributed by atoms with E-state index < -0.39 is 0 Å². The second kappa shape index (κ2) is 9.86. The molecule has 1 N–H and O–H groups in total. The fraction of sp³-hybridized carbons (Fsp3) is 0.0833. The molecule has 0 unspecified atom stereocenters. The number of amides is 1. The summed E-state index contributed by atoms with van der Waals surface area (Å²) in [6.07, 6.45) is 0. The van der Waals surface area contributed by atoms with E-state index in [4.69, 9.17) is 9.72 Å². The lowest BCUT2D eigenvalue weighted by Gasteiger charge is -2.10. The van der Waals surface area contributed by atoms with Crippen LogP contribution in [0.15, 0.2) is 90.1 Å². The molecular weight excluding hydrogens is 408 g/mol. The van der Waals surface area contributed by atoms with Crippen molar-refractivity contribution < 1.29 is 9.53 Å². The maximum absolute atomic E-state index is 12.4. The average molecular weight is 429 g/mol. The first-order chi connectivity index (χ1) is 15.2. The Balaban J connectivity index is 1.53. The second-order valence-electron chi connectivity index (χ2n) is 6.59. The van der Waals surface area contributed by atoms with Gasteiger partial charge in [-0.3, -0.25) is 4.79 Å². The van der Waals surface area contributed by atoms with Crippen LogP contribution in [0.2, 0.25) is 0 Å². The van der Waals surface area contributed by atoms with Crippen molar-refractivity contribution in [3.05, 3.63) is 84.9 Å². The van der Waals surface area contributed by atoms with E-state index >= 15 is 0 Å². The zero-order chi connectivity index (χ0) is 21.5. The first kappa shape index (κ1) is 20.6. The molecule has 0 bridgehead atoms. The zero-order valence-electron chi connectivity index (χ0n) is 16.9. The van der Waals surface area contributed by atoms with Crippen molar-refractivity contribution in [2.24, 2.45) is 0 Å². The SMILES string of the molecule is COc1cccc(NC(=O)CSc2nnc(-c3ccccc3)c(-c3ccccc3)n2)c1. The molecule has 0 radical (unpaired) electrons. The number of hydrogen-bond acceptors (Lipinski definition) is 6. The molecule has 1 heterocycles. The largest absolute Gasteiger partial charge is 0.497 e. The van der Waals surface area contributed by atoms with Crippen LogP contribution in [-0.2, 0) is 4.79 Å². The maximum Gasteiger partial charge on any atom is 0.234 e. The summed E-state index contributed by atoms with van der Waals surface area (Å²) in [4.78, 5) is 17.1. The molecule has 3 aromatic carbocycles. The standard InChI is InChI=1S/C24H20N4O2S/c1-30-20-14-8-13-19(15-20)25-21(29)16-31-24-26-22(17-9-4-2-5-10-17)23(27-28-24)18-11-6-3-7-12-18/h2-15H,16H2,1H3,(H,25,29). The van der Waals surface area contributed by atoms with Crippen molar-refractivity contribution in [2.75, 3.05) is 18.2 Å². The first-order valence-corrected chi connectivity index (χ1v) is 10.6. The van der Waals surface area contributed by atoms with E-state index in [2.05, 4.69) is 15.5 Å². The van der Waals surface area contributed by atoms with E-state index in [0.29, 0.717) is 22.3 Å². The van der Waals surface area contributed by atoms with E-state index in [9.17, 15) is 4.79 Å². The molecule has 6 nitrogen and oxygen atoms in total. The van der Waals surface area contributed by atoms with E-state index in [0.717, 1.165) is 16.8 Å². The highest BCUT2D eigenvalue weighted by atomic mass is 32.2. The van der Waals surface area contributed by atoms with Gasteiger partial charge >= 0.3 is 0 Å². The fourth-order valence-electron chi connectivity index (χ4n) is 2.99. The Morgan fingerprint density at radius 2 is 1.55 bits per heavy atom. The van der Waals surface area contributed by atoms with Gasteiger partial charge in [0.05, 0.1) is 12.9 Å². The second-order valence-corrected chi connectivity index (χ2v) is 7.53. The minimum Gasteiger partial charge on any atom is -0.497 e. The molecule has 4 rings (SSSR count). The summed E-state index contributed by atoms with van der Waals surface area (Å²) >= 11 is 1.24. The Morgan fingerprint density at radius 1 is 0.871 bits per heavy atom. The van der Waals surface area contributed by atoms with Gasteiger partial charge < -0.3 is 10.1 Å². The molecule has 0 fully saturated rings. The quantitative estimate of drug-likeness (QED) is 0.420. The third-order valence-corrected chi connectivity index (χ3v) is 5.29. The molecule has 0 saturated heterocycles. The van der Waals surface area contributed by atoms with Crippen LogP contribution in [0, 0.1) is 0 Å². The number of anilines is 1. The third kappa shape index (κ3) is 5.26. The Bertz CT molecular complexity index is 1170. The fourth-order valence-corrected chi connectivity index (χ4v) is 3.57. The summed E-state index contributed by atoms with van der Waals surface area (Å²) in [5.41, 5.74) is 4.00. The molecule has 0 saturated carbocycles. The number of rotatable bonds is 7. The molecule has 1 amide bonds. The smallest absolute Gasteiger partial charge is 0.234 e. The van der Waals surface area contributed by atoms with Crippen molar-refractivity contribution in [1.29, 1.82) is 0 Å². The predicted molar refractivity (Wildman–Crippen MR) is 123 cm³/mol.